The van der Waals surface area contributed by atoms with Gasteiger partial charge in [-0.25, -0.2) is 0 Å². The Morgan fingerprint density at radius 2 is 1.30 bits per heavy atom. The van der Waals surface area contributed by atoms with Gasteiger partial charge in [0, 0.05) is 29.2 Å². The molecule has 3 aromatic carbocycles. The number of rotatable bonds is 5. The zero-order valence-electron chi connectivity index (χ0n) is 20.2. The van der Waals surface area contributed by atoms with Crippen molar-refractivity contribution in [1.29, 1.82) is 0 Å². The number of benzene rings is 3. The van der Waals surface area contributed by atoms with Crippen LogP contribution in [0.25, 0.3) is 11.3 Å². The molecule has 0 unspecified atom stereocenters. The first kappa shape index (κ1) is 21.5. The van der Waals surface area contributed by atoms with Gasteiger partial charge in [-0.1, -0.05) is 55.3 Å². The number of pyridine rings is 1. The lowest BCUT2D eigenvalue weighted by Gasteiger charge is -2.35. The first-order valence-electron chi connectivity index (χ1n) is 12.1. The van der Waals surface area contributed by atoms with Crippen molar-refractivity contribution in [2.75, 3.05) is 4.90 Å². The van der Waals surface area contributed by atoms with Crippen LogP contribution in [0.5, 0.6) is 0 Å². The van der Waals surface area contributed by atoms with Gasteiger partial charge in [0.15, 0.2) is 12.7 Å². The molecule has 2 nitrogen and oxygen atoms in total. The molecule has 5 rings (SSSR count). The fraction of sp³-hybridized carbons (Fsp3) is 0.258. The molecule has 33 heavy (non-hydrogen) atoms. The third-order valence-electron chi connectivity index (χ3n) is 7.46. The van der Waals surface area contributed by atoms with Gasteiger partial charge in [-0.3, -0.25) is 0 Å². The molecule has 0 spiro atoms. The van der Waals surface area contributed by atoms with E-state index in [1.54, 1.807) is 0 Å². The predicted octanol–water partition coefficient (Wildman–Crippen LogP) is 7.80. The first-order chi connectivity index (χ1) is 16.0. The largest absolute Gasteiger partial charge is 0.310 e. The fourth-order valence-electron chi connectivity index (χ4n) is 5.31. The Balaban J connectivity index is 1.72. The molecule has 166 valence electrons. The van der Waals surface area contributed by atoms with Gasteiger partial charge in [-0.2, -0.15) is 4.57 Å². The van der Waals surface area contributed by atoms with Crippen LogP contribution in [0.1, 0.15) is 43.4 Å². The third-order valence-corrected chi connectivity index (χ3v) is 7.46. The molecule has 0 atom stereocenters. The van der Waals surface area contributed by atoms with Crippen LogP contribution in [0, 0.1) is 13.8 Å². The van der Waals surface area contributed by atoms with Crippen LogP contribution in [-0.2, 0) is 12.0 Å². The molecular weight excluding hydrogens is 400 g/mol. The quantitative estimate of drug-likeness (QED) is 0.291. The highest BCUT2D eigenvalue weighted by Crippen LogP contribution is 2.44. The van der Waals surface area contributed by atoms with E-state index in [2.05, 4.69) is 128 Å². The number of aromatic nitrogens is 1. The molecule has 0 N–H and O–H groups in total. The molecule has 2 heterocycles. The summed E-state index contributed by atoms with van der Waals surface area (Å²) in [5.41, 5.74) is 10.4. The lowest BCUT2D eigenvalue weighted by atomic mass is 9.71. The van der Waals surface area contributed by atoms with E-state index >= 15 is 0 Å². The lowest BCUT2D eigenvalue weighted by molar-refractivity contribution is -0.697. The van der Waals surface area contributed by atoms with Crippen LogP contribution in [-0.4, -0.2) is 0 Å². The summed E-state index contributed by atoms with van der Waals surface area (Å²) in [5, 5.41) is 0. The summed E-state index contributed by atoms with van der Waals surface area (Å²) in [5.74, 6) is 0. The van der Waals surface area contributed by atoms with Crippen LogP contribution in [0.4, 0.5) is 17.1 Å². The molecule has 0 amide bonds. The van der Waals surface area contributed by atoms with E-state index in [-0.39, 0.29) is 5.41 Å². The topological polar surface area (TPSA) is 7.12 Å². The average Bonchev–Trinajstić information content (AvgIpc) is 2.86. The maximum atomic E-state index is 2.45. The number of aryl methyl sites for hydroxylation is 2. The van der Waals surface area contributed by atoms with Gasteiger partial charge in [-0.15, -0.1) is 0 Å². The van der Waals surface area contributed by atoms with Crippen LogP contribution in [0.3, 0.4) is 0 Å². The second-order valence-electron chi connectivity index (χ2n) is 9.44. The van der Waals surface area contributed by atoms with E-state index in [9.17, 15) is 0 Å². The molecule has 0 fully saturated rings. The Labute approximate surface area is 198 Å². The highest BCUT2D eigenvalue weighted by atomic mass is 15.1. The zero-order valence-corrected chi connectivity index (χ0v) is 20.2. The number of nitrogens with zero attached hydrogens (tertiary/aromatic N) is 2. The van der Waals surface area contributed by atoms with Gasteiger partial charge in [-0.05, 0) is 74.7 Å². The molecule has 0 bridgehead atoms. The van der Waals surface area contributed by atoms with E-state index < -0.39 is 0 Å². The second-order valence-corrected chi connectivity index (χ2v) is 9.44. The normalized spacial score (nSPS) is 13.8. The van der Waals surface area contributed by atoms with Crippen molar-refractivity contribution in [3.8, 4) is 11.3 Å². The van der Waals surface area contributed by atoms with Crippen molar-refractivity contribution >= 4 is 17.1 Å². The van der Waals surface area contributed by atoms with Gasteiger partial charge in [0.25, 0.3) is 0 Å². The smallest absolute Gasteiger partial charge is 0.212 e. The van der Waals surface area contributed by atoms with Crippen LogP contribution in [0.2, 0.25) is 0 Å². The molecule has 1 aliphatic heterocycles. The van der Waals surface area contributed by atoms with Gasteiger partial charge >= 0.3 is 0 Å². The Kier molecular flexibility index (Phi) is 5.54. The summed E-state index contributed by atoms with van der Waals surface area (Å²) >= 11 is 0. The molecule has 0 saturated carbocycles. The van der Waals surface area contributed by atoms with Crippen molar-refractivity contribution in [2.45, 2.75) is 52.5 Å². The maximum Gasteiger partial charge on any atom is 0.212 e. The van der Waals surface area contributed by atoms with E-state index in [0.29, 0.717) is 0 Å². The van der Waals surface area contributed by atoms with E-state index in [0.717, 1.165) is 19.4 Å². The fourth-order valence-corrected chi connectivity index (χ4v) is 5.31. The standard InChI is InChI=1S/C31H33N2/c1-5-31(6-2)22-32-20-8-7-9-30(32)28-21-27(18-19-29(28)31)33(25-14-10-23(3)11-15-25)26-16-12-24(4)13-17-26/h7-21H,5-6,22H2,1-4H3/q+1. The molecular formula is C31H33N2+. The zero-order chi connectivity index (χ0) is 23.0. The molecule has 4 aromatic rings. The van der Waals surface area contributed by atoms with Gasteiger partial charge in [0.1, 0.15) is 0 Å². The minimum atomic E-state index is 0.172. The summed E-state index contributed by atoms with van der Waals surface area (Å²) in [4.78, 5) is 2.38. The molecule has 0 aliphatic carbocycles. The molecule has 0 saturated heterocycles. The van der Waals surface area contributed by atoms with Gasteiger partial charge < -0.3 is 4.90 Å². The van der Waals surface area contributed by atoms with Gasteiger partial charge in [0.2, 0.25) is 5.69 Å². The van der Waals surface area contributed by atoms with Crippen LogP contribution in [0.15, 0.2) is 91.1 Å². The second kappa shape index (κ2) is 8.51. The predicted molar refractivity (Wildman–Crippen MR) is 138 cm³/mol. The van der Waals surface area contributed by atoms with Crippen molar-refractivity contribution in [2.24, 2.45) is 0 Å². The average molecular weight is 434 g/mol. The van der Waals surface area contributed by atoms with Crippen LogP contribution >= 0.6 is 0 Å². The van der Waals surface area contributed by atoms with Crippen molar-refractivity contribution in [3.63, 3.8) is 0 Å². The minimum Gasteiger partial charge on any atom is -0.310 e. The number of fused-ring (bicyclic) bond motifs is 3. The SMILES string of the molecule is CCC1(CC)C[n+]2ccccc2-c2cc(N(c3ccc(C)cc3)c3ccc(C)cc3)ccc21. The Morgan fingerprint density at radius 1 is 0.727 bits per heavy atom. The maximum absolute atomic E-state index is 2.45. The van der Waals surface area contributed by atoms with E-state index in [1.807, 2.05) is 0 Å². The summed E-state index contributed by atoms with van der Waals surface area (Å²) in [6.45, 7) is 9.99. The number of anilines is 3. The van der Waals surface area contributed by atoms with Gasteiger partial charge in [0.05, 0.1) is 11.0 Å². The highest BCUT2D eigenvalue weighted by molar-refractivity contribution is 5.80. The Bertz CT molecular complexity index is 1220. The Hall–Kier alpha value is -3.39. The molecule has 1 aromatic heterocycles. The summed E-state index contributed by atoms with van der Waals surface area (Å²) in [6.07, 6.45) is 4.51. The third kappa shape index (κ3) is 3.74. The van der Waals surface area contributed by atoms with Crippen molar-refractivity contribution in [1.82, 2.24) is 0 Å². The monoisotopic (exact) mass is 433 g/mol. The molecule has 2 heteroatoms. The van der Waals surface area contributed by atoms with E-state index in [4.69, 9.17) is 0 Å². The molecule has 1 aliphatic rings. The molecule has 0 radical (unpaired) electrons. The number of hydrogen-bond donors (Lipinski definition) is 0. The first-order valence-corrected chi connectivity index (χ1v) is 12.1. The summed E-state index contributed by atoms with van der Waals surface area (Å²) in [6, 6.07) is 31.3. The van der Waals surface area contributed by atoms with Crippen molar-refractivity contribution < 1.29 is 4.57 Å². The Morgan fingerprint density at radius 3 is 1.88 bits per heavy atom. The lowest BCUT2D eigenvalue weighted by Crippen LogP contribution is -2.50. The summed E-state index contributed by atoms with van der Waals surface area (Å²) in [7, 11) is 0. The number of hydrogen-bond acceptors (Lipinski definition) is 1. The van der Waals surface area contributed by atoms with Crippen molar-refractivity contribution in [3.05, 3.63) is 108 Å². The van der Waals surface area contributed by atoms with Crippen LogP contribution < -0.4 is 9.47 Å². The highest BCUT2D eigenvalue weighted by Gasteiger charge is 2.41. The minimum absolute atomic E-state index is 0.172. The summed E-state index contributed by atoms with van der Waals surface area (Å²) < 4.78 is 2.45. The van der Waals surface area contributed by atoms with E-state index in [1.165, 1.54) is 45.0 Å².